The molecule has 0 fully saturated rings. The fourth-order valence-electron chi connectivity index (χ4n) is 2.19. The highest BCUT2D eigenvalue weighted by atomic mass is 32.2. The molecule has 0 radical (unpaired) electrons. The molecular weight excluding hydrogens is 256 g/mol. The Balaban J connectivity index is 2.23. The molecule has 2 rings (SSSR count). The second kappa shape index (κ2) is 6.73. The predicted molar refractivity (Wildman–Crippen MR) is 79.3 cm³/mol. The highest BCUT2D eigenvalue weighted by Gasteiger charge is 2.16. The first kappa shape index (κ1) is 14.1. The van der Waals surface area contributed by atoms with E-state index in [1.807, 2.05) is 13.2 Å². The van der Waals surface area contributed by atoms with E-state index in [1.54, 1.807) is 16.4 Å². The van der Waals surface area contributed by atoms with Gasteiger partial charge in [-0.2, -0.15) is 0 Å². The number of nitrogens with zero attached hydrogens (tertiary/aromatic N) is 3. The summed E-state index contributed by atoms with van der Waals surface area (Å²) < 4.78 is 1.75. The van der Waals surface area contributed by atoms with Crippen LogP contribution < -0.4 is 5.32 Å². The van der Waals surface area contributed by atoms with Gasteiger partial charge in [0.05, 0.1) is 5.69 Å². The van der Waals surface area contributed by atoms with Gasteiger partial charge in [-0.1, -0.05) is 30.3 Å². The third kappa shape index (κ3) is 3.58. The van der Waals surface area contributed by atoms with Crippen LogP contribution in [0.3, 0.4) is 0 Å². The van der Waals surface area contributed by atoms with Crippen LogP contribution in [0.1, 0.15) is 24.2 Å². The SMILES string of the molecule is CCNC(Cc1cn(C)nn1)c1ccccc1SC. The van der Waals surface area contributed by atoms with Crippen molar-refractivity contribution in [3.8, 4) is 0 Å². The zero-order valence-corrected chi connectivity index (χ0v) is 12.4. The lowest BCUT2D eigenvalue weighted by Crippen LogP contribution is -2.23. The molecule has 1 N–H and O–H groups in total. The number of nitrogens with one attached hydrogen (secondary N) is 1. The quantitative estimate of drug-likeness (QED) is 0.823. The second-order valence-electron chi connectivity index (χ2n) is 4.44. The third-order valence-corrected chi connectivity index (χ3v) is 3.84. The van der Waals surface area contributed by atoms with Gasteiger partial charge >= 0.3 is 0 Å². The summed E-state index contributed by atoms with van der Waals surface area (Å²) in [7, 11) is 1.90. The van der Waals surface area contributed by atoms with Crippen LogP contribution in [-0.2, 0) is 13.5 Å². The topological polar surface area (TPSA) is 42.7 Å². The van der Waals surface area contributed by atoms with Crippen molar-refractivity contribution in [2.75, 3.05) is 12.8 Å². The molecule has 2 aromatic rings. The Morgan fingerprint density at radius 2 is 2.16 bits per heavy atom. The molecule has 0 saturated carbocycles. The van der Waals surface area contributed by atoms with Crippen LogP contribution in [0, 0.1) is 0 Å². The maximum atomic E-state index is 4.18. The van der Waals surface area contributed by atoms with Crippen molar-refractivity contribution >= 4 is 11.8 Å². The van der Waals surface area contributed by atoms with Gasteiger partial charge in [0.2, 0.25) is 0 Å². The average molecular weight is 276 g/mol. The normalized spacial score (nSPS) is 12.6. The van der Waals surface area contributed by atoms with E-state index < -0.39 is 0 Å². The minimum absolute atomic E-state index is 0.283. The molecule has 102 valence electrons. The Morgan fingerprint density at radius 3 is 2.79 bits per heavy atom. The molecule has 19 heavy (non-hydrogen) atoms. The van der Waals surface area contributed by atoms with Crippen molar-refractivity contribution < 1.29 is 0 Å². The minimum atomic E-state index is 0.283. The number of rotatable bonds is 6. The Kier molecular flexibility index (Phi) is 4.99. The molecule has 0 aliphatic carbocycles. The summed E-state index contributed by atoms with van der Waals surface area (Å²) in [5.74, 6) is 0. The lowest BCUT2D eigenvalue weighted by molar-refractivity contribution is 0.536. The molecule has 4 nitrogen and oxygen atoms in total. The number of hydrogen-bond donors (Lipinski definition) is 1. The monoisotopic (exact) mass is 276 g/mol. The van der Waals surface area contributed by atoms with Crippen LogP contribution in [0.15, 0.2) is 35.4 Å². The molecule has 0 bridgehead atoms. The van der Waals surface area contributed by atoms with E-state index in [-0.39, 0.29) is 6.04 Å². The summed E-state index contributed by atoms with van der Waals surface area (Å²) in [6.07, 6.45) is 4.95. The van der Waals surface area contributed by atoms with Crippen molar-refractivity contribution in [3.05, 3.63) is 41.7 Å². The Morgan fingerprint density at radius 1 is 1.37 bits per heavy atom. The molecule has 1 unspecified atom stereocenters. The first-order chi connectivity index (χ1) is 9.24. The Labute approximate surface area is 118 Å². The van der Waals surface area contributed by atoms with E-state index in [0.29, 0.717) is 0 Å². The number of hydrogen-bond acceptors (Lipinski definition) is 4. The number of aryl methyl sites for hydroxylation is 1. The van der Waals surface area contributed by atoms with Crippen LogP contribution >= 0.6 is 11.8 Å². The molecule has 1 aromatic carbocycles. The Hall–Kier alpha value is -1.33. The van der Waals surface area contributed by atoms with E-state index in [4.69, 9.17) is 0 Å². The number of thioether (sulfide) groups is 1. The molecule has 1 atom stereocenters. The molecule has 0 aliphatic rings. The lowest BCUT2D eigenvalue weighted by Gasteiger charge is -2.19. The third-order valence-electron chi connectivity index (χ3n) is 3.03. The summed E-state index contributed by atoms with van der Waals surface area (Å²) in [6.45, 7) is 3.07. The van der Waals surface area contributed by atoms with Crippen molar-refractivity contribution in [2.45, 2.75) is 24.3 Å². The molecule has 0 spiro atoms. The summed E-state index contributed by atoms with van der Waals surface area (Å²) in [5, 5.41) is 11.7. The maximum absolute atomic E-state index is 4.18. The van der Waals surface area contributed by atoms with Crippen molar-refractivity contribution in [3.63, 3.8) is 0 Å². The number of benzene rings is 1. The number of likely N-dealkylation sites (N-methyl/N-ethyl adjacent to an activating group) is 1. The smallest absolute Gasteiger partial charge is 0.0845 e. The molecular formula is C14H20N4S. The van der Waals surface area contributed by atoms with Crippen LogP contribution in [0.2, 0.25) is 0 Å². The Bertz CT molecular complexity index is 524. The predicted octanol–water partition coefficient (Wildman–Crippen LogP) is 2.43. The largest absolute Gasteiger partial charge is 0.310 e. The lowest BCUT2D eigenvalue weighted by atomic mass is 10.0. The molecule has 0 amide bonds. The van der Waals surface area contributed by atoms with Gasteiger partial charge in [0, 0.05) is 30.6 Å². The van der Waals surface area contributed by atoms with E-state index in [9.17, 15) is 0 Å². The van der Waals surface area contributed by atoms with E-state index in [0.717, 1.165) is 18.7 Å². The zero-order valence-electron chi connectivity index (χ0n) is 11.6. The fraction of sp³-hybridized carbons (Fsp3) is 0.429. The van der Waals surface area contributed by atoms with Crippen LogP contribution in [0.5, 0.6) is 0 Å². The minimum Gasteiger partial charge on any atom is -0.310 e. The maximum Gasteiger partial charge on any atom is 0.0845 e. The van der Waals surface area contributed by atoms with Gasteiger partial charge in [0.1, 0.15) is 0 Å². The molecule has 0 aliphatic heterocycles. The van der Waals surface area contributed by atoms with Gasteiger partial charge in [-0.15, -0.1) is 16.9 Å². The summed E-state index contributed by atoms with van der Waals surface area (Å²) in [4.78, 5) is 1.32. The van der Waals surface area contributed by atoms with Gasteiger partial charge in [0.25, 0.3) is 0 Å². The van der Waals surface area contributed by atoms with E-state index in [2.05, 4.69) is 53.1 Å². The van der Waals surface area contributed by atoms with E-state index >= 15 is 0 Å². The first-order valence-corrected chi connectivity index (χ1v) is 7.68. The van der Waals surface area contributed by atoms with Crippen molar-refractivity contribution in [1.29, 1.82) is 0 Å². The highest BCUT2D eigenvalue weighted by molar-refractivity contribution is 7.98. The summed E-state index contributed by atoms with van der Waals surface area (Å²) in [5.41, 5.74) is 2.35. The molecule has 0 saturated heterocycles. The highest BCUT2D eigenvalue weighted by Crippen LogP contribution is 2.27. The first-order valence-electron chi connectivity index (χ1n) is 6.46. The summed E-state index contributed by atoms with van der Waals surface area (Å²) >= 11 is 1.78. The van der Waals surface area contributed by atoms with Crippen LogP contribution in [-0.4, -0.2) is 27.8 Å². The van der Waals surface area contributed by atoms with Gasteiger partial charge in [-0.05, 0) is 24.4 Å². The fourth-order valence-corrected chi connectivity index (χ4v) is 2.85. The van der Waals surface area contributed by atoms with Gasteiger partial charge < -0.3 is 5.32 Å². The van der Waals surface area contributed by atoms with Gasteiger partial charge in [0.15, 0.2) is 0 Å². The molecule has 1 heterocycles. The standard InChI is InChI=1S/C14H20N4S/c1-4-15-13(9-11-10-18(2)17-16-11)12-7-5-6-8-14(12)19-3/h5-8,10,13,15H,4,9H2,1-3H3. The second-order valence-corrected chi connectivity index (χ2v) is 5.29. The van der Waals surface area contributed by atoms with Gasteiger partial charge in [-0.25, -0.2) is 0 Å². The molecule has 1 aromatic heterocycles. The zero-order chi connectivity index (χ0) is 13.7. The van der Waals surface area contributed by atoms with Crippen molar-refractivity contribution in [1.82, 2.24) is 20.3 Å². The summed E-state index contributed by atoms with van der Waals surface area (Å²) in [6, 6.07) is 8.82. The number of aromatic nitrogens is 3. The van der Waals surface area contributed by atoms with Crippen LogP contribution in [0.4, 0.5) is 0 Å². The van der Waals surface area contributed by atoms with Crippen molar-refractivity contribution in [2.24, 2.45) is 7.05 Å². The van der Waals surface area contributed by atoms with Gasteiger partial charge in [-0.3, -0.25) is 4.68 Å². The molecule has 5 heteroatoms. The van der Waals surface area contributed by atoms with Crippen LogP contribution in [0.25, 0.3) is 0 Å². The van der Waals surface area contributed by atoms with E-state index in [1.165, 1.54) is 10.5 Å². The average Bonchev–Trinajstić information content (AvgIpc) is 2.84.